The van der Waals surface area contributed by atoms with Gasteiger partial charge in [-0.25, -0.2) is 4.98 Å². The molecule has 1 aromatic heterocycles. The summed E-state index contributed by atoms with van der Waals surface area (Å²) in [6, 6.07) is 15.9. The van der Waals surface area contributed by atoms with Crippen molar-refractivity contribution in [3.8, 4) is 0 Å². The maximum atomic E-state index is 5.99. The average Bonchev–Trinajstić information content (AvgIpc) is 2.84. The molecule has 3 aromatic rings. The first-order chi connectivity index (χ1) is 9.29. The number of rotatable bonds is 2. The quantitative estimate of drug-likeness (QED) is 0.650. The predicted molar refractivity (Wildman–Crippen MR) is 83.5 cm³/mol. The van der Waals surface area contributed by atoms with Gasteiger partial charge in [-0.15, -0.1) is 0 Å². The SMILES string of the molecule is Clc1ccc2c(c1)ncn2/C(=C\Br)c1ccccc1. The number of halogens is 2. The van der Waals surface area contributed by atoms with Crippen molar-refractivity contribution in [2.45, 2.75) is 0 Å². The van der Waals surface area contributed by atoms with Crippen LogP contribution in [-0.2, 0) is 0 Å². The molecule has 2 nitrogen and oxygen atoms in total. The van der Waals surface area contributed by atoms with Crippen molar-refractivity contribution in [1.29, 1.82) is 0 Å². The third kappa shape index (κ3) is 2.31. The molecule has 0 bridgehead atoms. The van der Waals surface area contributed by atoms with Gasteiger partial charge >= 0.3 is 0 Å². The molecule has 94 valence electrons. The van der Waals surface area contributed by atoms with Gasteiger partial charge in [0.25, 0.3) is 0 Å². The Morgan fingerprint density at radius 3 is 2.68 bits per heavy atom. The van der Waals surface area contributed by atoms with Crippen molar-refractivity contribution in [2.24, 2.45) is 0 Å². The summed E-state index contributed by atoms with van der Waals surface area (Å²) in [5, 5.41) is 0.696. The van der Waals surface area contributed by atoms with Crippen LogP contribution in [0.5, 0.6) is 0 Å². The van der Waals surface area contributed by atoms with E-state index < -0.39 is 0 Å². The highest BCUT2D eigenvalue weighted by Crippen LogP contribution is 2.25. The summed E-state index contributed by atoms with van der Waals surface area (Å²) in [6.45, 7) is 0. The van der Waals surface area contributed by atoms with E-state index in [1.807, 2.05) is 46.0 Å². The van der Waals surface area contributed by atoms with Crippen molar-refractivity contribution in [2.75, 3.05) is 0 Å². The minimum absolute atomic E-state index is 0.696. The number of imidazole rings is 1. The van der Waals surface area contributed by atoms with E-state index in [9.17, 15) is 0 Å². The highest BCUT2D eigenvalue weighted by molar-refractivity contribution is 9.11. The Labute approximate surface area is 124 Å². The van der Waals surface area contributed by atoms with Crippen LogP contribution in [0.2, 0.25) is 5.02 Å². The zero-order valence-electron chi connectivity index (χ0n) is 9.92. The van der Waals surface area contributed by atoms with E-state index in [0.29, 0.717) is 5.02 Å². The summed E-state index contributed by atoms with van der Waals surface area (Å²) >= 11 is 9.42. The van der Waals surface area contributed by atoms with Gasteiger partial charge in [0.05, 0.1) is 16.7 Å². The van der Waals surface area contributed by atoms with Gasteiger partial charge in [0, 0.05) is 10.0 Å². The molecule has 0 saturated carbocycles. The molecule has 0 amide bonds. The third-order valence-electron chi connectivity index (χ3n) is 2.94. The topological polar surface area (TPSA) is 17.8 Å². The van der Waals surface area contributed by atoms with Gasteiger partial charge in [0.2, 0.25) is 0 Å². The summed E-state index contributed by atoms with van der Waals surface area (Å²) in [7, 11) is 0. The molecule has 0 unspecified atom stereocenters. The summed E-state index contributed by atoms with van der Waals surface area (Å²) < 4.78 is 2.04. The minimum Gasteiger partial charge on any atom is -0.298 e. The highest BCUT2D eigenvalue weighted by Gasteiger charge is 2.08. The molecule has 0 radical (unpaired) electrons. The second-order valence-electron chi connectivity index (χ2n) is 4.11. The molecular formula is C15H10BrClN2. The molecule has 0 atom stereocenters. The van der Waals surface area contributed by atoms with Crippen LogP contribution in [0.3, 0.4) is 0 Å². The molecule has 2 aromatic carbocycles. The second kappa shape index (κ2) is 5.19. The minimum atomic E-state index is 0.696. The van der Waals surface area contributed by atoms with Gasteiger partial charge in [-0.05, 0) is 23.8 Å². The normalized spacial score (nSPS) is 12.0. The van der Waals surface area contributed by atoms with E-state index in [1.54, 1.807) is 6.33 Å². The molecule has 0 aliphatic heterocycles. The fraction of sp³-hybridized carbons (Fsp3) is 0. The van der Waals surface area contributed by atoms with Crippen LogP contribution in [0.15, 0.2) is 59.8 Å². The summed E-state index contributed by atoms with van der Waals surface area (Å²) in [6.07, 6.45) is 1.81. The fourth-order valence-electron chi connectivity index (χ4n) is 2.04. The molecular weight excluding hydrogens is 324 g/mol. The monoisotopic (exact) mass is 332 g/mol. The van der Waals surface area contributed by atoms with Gasteiger partial charge in [-0.2, -0.15) is 0 Å². The Morgan fingerprint density at radius 1 is 1.16 bits per heavy atom. The maximum Gasteiger partial charge on any atom is 0.100 e. The summed E-state index contributed by atoms with van der Waals surface area (Å²) in [5.74, 6) is 0. The average molecular weight is 334 g/mol. The predicted octanol–water partition coefficient (Wildman–Crippen LogP) is 4.93. The second-order valence-corrected chi connectivity index (χ2v) is 5.00. The largest absolute Gasteiger partial charge is 0.298 e. The van der Waals surface area contributed by atoms with E-state index in [1.165, 1.54) is 0 Å². The van der Waals surface area contributed by atoms with Crippen LogP contribution < -0.4 is 0 Å². The molecule has 0 saturated heterocycles. The van der Waals surface area contributed by atoms with E-state index >= 15 is 0 Å². The standard InChI is InChI=1S/C15H10BrClN2/c16-9-15(11-4-2-1-3-5-11)19-10-18-13-8-12(17)6-7-14(13)19/h1-10H/b15-9-. The van der Waals surface area contributed by atoms with Gasteiger partial charge in [-0.1, -0.05) is 57.9 Å². The molecule has 19 heavy (non-hydrogen) atoms. The molecule has 1 heterocycles. The van der Waals surface area contributed by atoms with Crippen LogP contribution in [0.4, 0.5) is 0 Å². The van der Waals surface area contributed by atoms with Crippen LogP contribution in [-0.4, -0.2) is 9.55 Å². The Hall–Kier alpha value is -1.58. The van der Waals surface area contributed by atoms with Gasteiger partial charge in [0.15, 0.2) is 0 Å². The van der Waals surface area contributed by atoms with E-state index in [2.05, 4.69) is 33.0 Å². The number of hydrogen-bond donors (Lipinski definition) is 0. The number of nitrogens with zero attached hydrogens (tertiary/aromatic N) is 2. The maximum absolute atomic E-state index is 5.99. The first-order valence-corrected chi connectivity index (χ1v) is 7.08. The molecule has 0 aliphatic rings. The number of hydrogen-bond acceptors (Lipinski definition) is 1. The van der Waals surface area contributed by atoms with Crippen LogP contribution >= 0.6 is 27.5 Å². The Balaban J connectivity index is 2.18. The first-order valence-electron chi connectivity index (χ1n) is 5.78. The number of fused-ring (bicyclic) bond motifs is 1. The van der Waals surface area contributed by atoms with Crippen molar-refractivity contribution >= 4 is 44.3 Å². The summed E-state index contributed by atoms with van der Waals surface area (Å²) in [4.78, 5) is 6.29. The lowest BCUT2D eigenvalue weighted by Crippen LogP contribution is -1.96. The number of aromatic nitrogens is 2. The van der Waals surface area contributed by atoms with E-state index in [0.717, 1.165) is 22.3 Å². The lowest BCUT2D eigenvalue weighted by molar-refractivity contribution is 1.13. The van der Waals surface area contributed by atoms with Crippen molar-refractivity contribution < 1.29 is 0 Å². The fourth-order valence-corrected chi connectivity index (χ4v) is 2.69. The molecule has 0 N–H and O–H groups in total. The van der Waals surface area contributed by atoms with Gasteiger partial charge in [-0.3, -0.25) is 4.57 Å². The van der Waals surface area contributed by atoms with Crippen LogP contribution in [0.1, 0.15) is 5.56 Å². The van der Waals surface area contributed by atoms with Crippen LogP contribution in [0.25, 0.3) is 16.7 Å². The Bertz CT molecular complexity index is 747. The zero-order valence-corrected chi connectivity index (χ0v) is 12.3. The van der Waals surface area contributed by atoms with Gasteiger partial charge < -0.3 is 0 Å². The smallest absolute Gasteiger partial charge is 0.100 e. The van der Waals surface area contributed by atoms with Gasteiger partial charge in [0.1, 0.15) is 6.33 Å². The Morgan fingerprint density at radius 2 is 1.95 bits per heavy atom. The molecule has 0 aliphatic carbocycles. The Kier molecular flexibility index (Phi) is 3.40. The van der Waals surface area contributed by atoms with E-state index in [4.69, 9.17) is 11.6 Å². The zero-order chi connectivity index (χ0) is 13.2. The molecule has 4 heteroatoms. The lowest BCUT2D eigenvalue weighted by atomic mass is 10.1. The molecule has 3 rings (SSSR count). The van der Waals surface area contributed by atoms with Crippen molar-refractivity contribution in [3.05, 3.63) is 70.4 Å². The first kappa shape index (κ1) is 12.5. The molecule has 0 spiro atoms. The number of benzene rings is 2. The van der Waals surface area contributed by atoms with Crippen molar-refractivity contribution in [1.82, 2.24) is 9.55 Å². The third-order valence-corrected chi connectivity index (χ3v) is 3.61. The highest BCUT2D eigenvalue weighted by atomic mass is 79.9. The summed E-state index contributed by atoms with van der Waals surface area (Å²) in [5.41, 5.74) is 4.06. The molecule has 0 fully saturated rings. The van der Waals surface area contributed by atoms with E-state index in [-0.39, 0.29) is 0 Å². The lowest BCUT2D eigenvalue weighted by Gasteiger charge is -2.09. The van der Waals surface area contributed by atoms with Crippen LogP contribution in [0, 0.1) is 0 Å². The van der Waals surface area contributed by atoms with Crippen molar-refractivity contribution in [3.63, 3.8) is 0 Å².